The van der Waals surface area contributed by atoms with E-state index in [0.29, 0.717) is 57.9 Å². The highest BCUT2D eigenvalue weighted by Gasteiger charge is 2.40. The number of benzene rings is 2. The topological polar surface area (TPSA) is 121 Å². The van der Waals surface area contributed by atoms with Gasteiger partial charge in [0.1, 0.15) is 11.6 Å². The van der Waals surface area contributed by atoms with Crippen LogP contribution in [0.3, 0.4) is 0 Å². The summed E-state index contributed by atoms with van der Waals surface area (Å²) in [6, 6.07) is 18.6. The van der Waals surface area contributed by atoms with Crippen LogP contribution in [0.1, 0.15) is 40.4 Å². The van der Waals surface area contributed by atoms with Crippen molar-refractivity contribution in [3.05, 3.63) is 95.6 Å². The standard InChI is InChI=1S/C33H32F4N8O2/c34-24-8-4-5-9-25(24)40-32(47)45-18-16-43(17-19-45)26-11-10-23(20-39-26)28-27(30(38)46)29(33(35,36)37)42-31(41-28)44-14-12-22(13-15-44)21-6-2-1-3-7-21/h1-11,20,22H,12-19H2,(H2,38,46)(H,40,47). The van der Waals surface area contributed by atoms with E-state index >= 15 is 0 Å². The van der Waals surface area contributed by atoms with Crippen LogP contribution in [0.5, 0.6) is 0 Å². The van der Waals surface area contributed by atoms with E-state index in [2.05, 4.69) is 20.3 Å². The number of hydrogen-bond donors (Lipinski definition) is 2. The Morgan fingerprint density at radius 3 is 2.13 bits per heavy atom. The predicted octanol–water partition coefficient (Wildman–Crippen LogP) is 5.53. The molecule has 2 aliphatic heterocycles. The second-order valence-electron chi connectivity index (χ2n) is 11.4. The van der Waals surface area contributed by atoms with E-state index in [1.54, 1.807) is 28.0 Å². The molecule has 10 nitrogen and oxygen atoms in total. The summed E-state index contributed by atoms with van der Waals surface area (Å²) in [5, 5.41) is 2.57. The number of carbonyl (C=O) groups is 2. The molecule has 0 spiro atoms. The van der Waals surface area contributed by atoms with Gasteiger partial charge < -0.3 is 25.8 Å². The van der Waals surface area contributed by atoms with Crippen molar-refractivity contribution in [2.24, 2.45) is 5.73 Å². The number of nitrogens with zero attached hydrogens (tertiary/aromatic N) is 6. The van der Waals surface area contributed by atoms with Crippen molar-refractivity contribution in [1.82, 2.24) is 19.9 Å². The minimum absolute atomic E-state index is 0.0886. The highest BCUT2D eigenvalue weighted by molar-refractivity contribution is 6.00. The number of piperidine rings is 1. The van der Waals surface area contributed by atoms with Gasteiger partial charge in [-0.2, -0.15) is 13.2 Å². The van der Waals surface area contributed by atoms with Gasteiger partial charge in [-0.25, -0.2) is 24.1 Å². The summed E-state index contributed by atoms with van der Waals surface area (Å²) in [5.74, 6) is -1.17. The quantitative estimate of drug-likeness (QED) is 0.264. The van der Waals surface area contributed by atoms with Gasteiger partial charge in [0, 0.05) is 51.0 Å². The van der Waals surface area contributed by atoms with Crippen molar-refractivity contribution < 1.29 is 27.2 Å². The van der Waals surface area contributed by atoms with Crippen LogP contribution >= 0.6 is 0 Å². The number of nitrogens with one attached hydrogen (secondary N) is 1. The molecule has 0 radical (unpaired) electrons. The van der Waals surface area contributed by atoms with E-state index in [1.807, 2.05) is 35.2 Å². The number of rotatable bonds is 6. The van der Waals surface area contributed by atoms with Crippen LogP contribution in [0.15, 0.2) is 72.9 Å². The lowest BCUT2D eigenvalue weighted by Gasteiger charge is -2.35. The normalized spacial score (nSPS) is 15.9. The number of hydrogen-bond acceptors (Lipinski definition) is 7. The molecule has 4 aromatic rings. The molecule has 3 N–H and O–H groups in total. The molecule has 2 aliphatic rings. The van der Waals surface area contributed by atoms with Crippen LogP contribution in [0.4, 0.5) is 39.8 Å². The first-order chi connectivity index (χ1) is 22.6. The second-order valence-corrected chi connectivity index (χ2v) is 11.4. The Kier molecular flexibility index (Phi) is 8.92. The first-order valence-corrected chi connectivity index (χ1v) is 15.2. The molecule has 2 saturated heterocycles. The van der Waals surface area contributed by atoms with Gasteiger partial charge in [-0.05, 0) is 48.6 Å². The molecular weight excluding hydrogens is 616 g/mol. The van der Waals surface area contributed by atoms with Gasteiger partial charge in [-0.3, -0.25) is 4.79 Å². The smallest absolute Gasteiger partial charge is 0.365 e. The Morgan fingerprint density at radius 1 is 0.830 bits per heavy atom. The number of aromatic nitrogens is 3. The summed E-state index contributed by atoms with van der Waals surface area (Å²) in [6.45, 7) is 2.37. The molecule has 3 amide bonds. The predicted molar refractivity (Wildman–Crippen MR) is 169 cm³/mol. The minimum Gasteiger partial charge on any atom is -0.365 e. The van der Waals surface area contributed by atoms with E-state index in [9.17, 15) is 27.2 Å². The molecule has 4 heterocycles. The van der Waals surface area contributed by atoms with E-state index < -0.39 is 35.2 Å². The fraction of sp³-hybridized carbons (Fsp3) is 0.303. The van der Waals surface area contributed by atoms with Gasteiger partial charge in [-0.15, -0.1) is 0 Å². The average molecular weight is 649 g/mol. The van der Waals surface area contributed by atoms with Crippen LogP contribution < -0.4 is 20.9 Å². The number of piperazine rings is 1. The van der Waals surface area contributed by atoms with Crippen molar-refractivity contribution in [3.8, 4) is 11.3 Å². The van der Waals surface area contributed by atoms with Gasteiger partial charge >= 0.3 is 12.2 Å². The largest absolute Gasteiger partial charge is 0.434 e. The summed E-state index contributed by atoms with van der Waals surface area (Å²) in [6.07, 6.45) is -2.19. The monoisotopic (exact) mass is 648 g/mol. The molecule has 6 rings (SSSR count). The van der Waals surface area contributed by atoms with Gasteiger partial charge in [0.15, 0.2) is 5.69 Å². The van der Waals surface area contributed by atoms with Crippen LogP contribution in [-0.2, 0) is 6.18 Å². The van der Waals surface area contributed by atoms with Gasteiger partial charge in [0.05, 0.1) is 16.9 Å². The Labute approximate surface area is 268 Å². The molecule has 0 bridgehead atoms. The van der Waals surface area contributed by atoms with E-state index in [1.165, 1.54) is 30.0 Å². The zero-order valence-electron chi connectivity index (χ0n) is 25.3. The molecule has 47 heavy (non-hydrogen) atoms. The molecular formula is C33H32F4N8O2. The lowest BCUT2D eigenvalue weighted by Crippen LogP contribution is -2.50. The molecule has 2 aromatic heterocycles. The third-order valence-corrected chi connectivity index (χ3v) is 8.49. The number of pyridine rings is 1. The summed E-state index contributed by atoms with van der Waals surface area (Å²) in [5.41, 5.74) is 4.48. The van der Waals surface area contributed by atoms with Crippen molar-refractivity contribution in [3.63, 3.8) is 0 Å². The fourth-order valence-electron chi connectivity index (χ4n) is 5.98. The molecule has 0 unspecified atom stereocenters. The Balaban J connectivity index is 1.20. The number of primary amides is 1. The number of amides is 3. The minimum atomic E-state index is -4.95. The van der Waals surface area contributed by atoms with Crippen LogP contribution in [-0.4, -0.2) is 71.1 Å². The summed E-state index contributed by atoms with van der Waals surface area (Å²) in [4.78, 5) is 43.0. The van der Waals surface area contributed by atoms with Crippen LogP contribution in [0.2, 0.25) is 0 Å². The molecule has 0 atom stereocenters. The SMILES string of the molecule is NC(=O)c1c(-c2ccc(N3CCN(C(=O)Nc4ccccc4F)CC3)nc2)nc(N2CCC(c3ccccc3)CC2)nc1C(F)(F)F. The maximum absolute atomic E-state index is 14.3. The van der Waals surface area contributed by atoms with E-state index in [-0.39, 0.29) is 28.8 Å². The Bertz CT molecular complexity index is 1740. The van der Waals surface area contributed by atoms with Crippen LogP contribution in [0.25, 0.3) is 11.3 Å². The Morgan fingerprint density at radius 2 is 1.51 bits per heavy atom. The molecule has 0 saturated carbocycles. The lowest BCUT2D eigenvalue weighted by molar-refractivity contribution is -0.141. The first kappa shape index (κ1) is 31.7. The molecule has 0 aliphatic carbocycles. The lowest BCUT2D eigenvalue weighted by atomic mass is 9.89. The van der Waals surface area contributed by atoms with Gasteiger partial charge in [0.25, 0.3) is 5.91 Å². The maximum Gasteiger partial charge on any atom is 0.434 e. The highest BCUT2D eigenvalue weighted by atomic mass is 19.4. The first-order valence-electron chi connectivity index (χ1n) is 15.2. The number of halogens is 4. The van der Waals surface area contributed by atoms with Crippen molar-refractivity contribution >= 4 is 29.4 Å². The van der Waals surface area contributed by atoms with Gasteiger partial charge in [-0.1, -0.05) is 42.5 Å². The Hall–Kier alpha value is -5.27. The second kappa shape index (κ2) is 13.2. The molecule has 244 valence electrons. The number of alkyl halides is 3. The summed E-state index contributed by atoms with van der Waals surface area (Å²) in [7, 11) is 0. The zero-order chi connectivity index (χ0) is 33.1. The molecule has 2 aromatic carbocycles. The van der Waals surface area contributed by atoms with Crippen molar-refractivity contribution in [2.75, 3.05) is 54.4 Å². The number of anilines is 3. The summed E-state index contributed by atoms with van der Waals surface area (Å²) < 4.78 is 56.8. The average Bonchev–Trinajstić information content (AvgIpc) is 3.09. The van der Waals surface area contributed by atoms with Crippen LogP contribution in [0, 0.1) is 5.82 Å². The summed E-state index contributed by atoms with van der Waals surface area (Å²) >= 11 is 0. The van der Waals surface area contributed by atoms with Crippen molar-refractivity contribution in [2.45, 2.75) is 24.9 Å². The number of para-hydroxylation sites is 1. The highest BCUT2D eigenvalue weighted by Crippen LogP contribution is 2.37. The third kappa shape index (κ3) is 6.95. The van der Waals surface area contributed by atoms with E-state index in [0.717, 1.165) is 0 Å². The maximum atomic E-state index is 14.3. The van der Waals surface area contributed by atoms with E-state index in [4.69, 9.17) is 5.73 Å². The number of carbonyl (C=O) groups excluding carboxylic acids is 2. The third-order valence-electron chi connectivity index (χ3n) is 8.49. The number of urea groups is 1. The number of nitrogens with two attached hydrogens (primary N) is 1. The molecule has 2 fully saturated rings. The fourth-order valence-corrected chi connectivity index (χ4v) is 5.98. The van der Waals surface area contributed by atoms with Crippen molar-refractivity contribution in [1.29, 1.82) is 0 Å². The zero-order valence-corrected chi connectivity index (χ0v) is 25.3. The molecule has 14 heteroatoms. The van der Waals surface area contributed by atoms with Gasteiger partial charge in [0.2, 0.25) is 5.95 Å².